The molecule has 5 atom stereocenters. The fourth-order valence-corrected chi connectivity index (χ4v) is 6.46. The number of carbonyl (C=O) groups excluding carboxylic acids is 1. The summed E-state index contributed by atoms with van der Waals surface area (Å²) in [6, 6.07) is 10.1. The minimum absolute atomic E-state index is 0.0416. The van der Waals surface area contributed by atoms with Crippen molar-refractivity contribution in [3.8, 4) is 0 Å². The fourth-order valence-electron chi connectivity index (χ4n) is 6.46. The summed E-state index contributed by atoms with van der Waals surface area (Å²) in [6.45, 7) is 18.2. The first-order valence-electron chi connectivity index (χ1n) is 14.4. The van der Waals surface area contributed by atoms with Crippen LogP contribution in [0, 0.1) is 5.82 Å². The van der Waals surface area contributed by atoms with Crippen molar-refractivity contribution in [3.63, 3.8) is 0 Å². The number of fused-ring (bicyclic) bond motifs is 1. The van der Waals surface area contributed by atoms with E-state index in [-0.39, 0.29) is 29.1 Å². The molecule has 0 aliphatic carbocycles. The van der Waals surface area contributed by atoms with Gasteiger partial charge >= 0.3 is 0 Å². The number of anilines is 1. The van der Waals surface area contributed by atoms with Crippen molar-refractivity contribution >= 4 is 11.6 Å². The molecule has 1 aromatic heterocycles. The van der Waals surface area contributed by atoms with E-state index in [0.717, 1.165) is 55.4 Å². The van der Waals surface area contributed by atoms with Crippen molar-refractivity contribution in [2.75, 3.05) is 50.8 Å². The van der Waals surface area contributed by atoms with Gasteiger partial charge in [-0.15, -0.1) is 0 Å². The zero-order valence-electron chi connectivity index (χ0n) is 24.3. The number of pyridine rings is 1. The Bertz CT molecular complexity index is 1160. The lowest BCUT2D eigenvalue weighted by Crippen LogP contribution is -2.63. The van der Waals surface area contributed by atoms with Gasteiger partial charge in [-0.05, 0) is 50.1 Å². The average molecular weight is 538 g/mol. The highest BCUT2D eigenvalue weighted by atomic mass is 19.1. The summed E-state index contributed by atoms with van der Waals surface area (Å²) in [5.41, 5.74) is 3.70. The second-order valence-electron chi connectivity index (χ2n) is 12.6. The van der Waals surface area contributed by atoms with Crippen LogP contribution in [0.3, 0.4) is 0 Å². The highest BCUT2D eigenvalue weighted by molar-refractivity contribution is 5.97. The van der Waals surface area contributed by atoms with E-state index in [4.69, 9.17) is 9.72 Å². The standard InChI is InChI=1S/C31H44FN5O2/c1-20-14-35(27(13-33-20)15-36-21(2)17-39-18-22(36)3)16-29(38)37-19-31(5,6)30-28(37)11-25(12-34-30)23(4)24-7-9-26(32)10-8-24/h7-12,20-23,27,33H,13-19H2,1-6H3/t20-,21-,22-,23?,27-/m1/s1. The summed E-state index contributed by atoms with van der Waals surface area (Å²) in [5.74, 6) is -0.0769. The van der Waals surface area contributed by atoms with E-state index in [9.17, 15) is 9.18 Å². The SMILES string of the molecule is CC(c1ccc(F)cc1)c1cnc2c(c1)N(C(=O)CN1C[C@@H](C)NC[C@@H]1CN1[C@H](C)COC[C@H]1C)CC2(C)C. The topological polar surface area (TPSA) is 60.9 Å². The van der Waals surface area contributed by atoms with Gasteiger partial charge in [-0.25, -0.2) is 4.39 Å². The van der Waals surface area contributed by atoms with Gasteiger partial charge in [0, 0.05) is 67.9 Å². The summed E-state index contributed by atoms with van der Waals surface area (Å²) in [7, 11) is 0. The number of piperazine rings is 1. The Kier molecular flexibility index (Phi) is 8.11. The third kappa shape index (κ3) is 5.89. The number of nitrogens with zero attached hydrogens (tertiary/aromatic N) is 4. The van der Waals surface area contributed by atoms with Gasteiger partial charge in [0.05, 0.1) is 31.1 Å². The first-order valence-corrected chi connectivity index (χ1v) is 14.4. The summed E-state index contributed by atoms with van der Waals surface area (Å²) >= 11 is 0. The average Bonchev–Trinajstić information content (AvgIpc) is 3.17. The zero-order valence-corrected chi connectivity index (χ0v) is 24.3. The normalized spacial score (nSPS) is 28.3. The molecule has 1 amide bonds. The maximum atomic E-state index is 14.0. The summed E-state index contributed by atoms with van der Waals surface area (Å²) in [5, 5.41) is 3.63. The molecule has 2 aromatic rings. The molecule has 1 aromatic carbocycles. The van der Waals surface area contributed by atoms with E-state index in [2.05, 4.69) is 62.7 Å². The van der Waals surface area contributed by atoms with Crippen LogP contribution in [-0.2, 0) is 14.9 Å². The molecule has 0 radical (unpaired) electrons. The molecule has 39 heavy (non-hydrogen) atoms. The first-order chi connectivity index (χ1) is 18.5. The fraction of sp³-hybridized carbons (Fsp3) is 0.613. The number of rotatable bonds is 6. The van der Waals surface area contributed by atoms with Crippen molar-refractivity contribution in [2.45, 2.75) is 77.0 Å². The highest BCUT2D eigenvalue weighted by Crippen LogP contribution is 2.41. The molecule has 3 aliphatic rings. The highest BCUT2D eigenvalue weighted by Gasteiger charge is 2.41. The molecule has 4 heterocycles. The van der Waals surface area contributed by atoms with Crippen molar-refractivity contribution in [1.82, 2.24) is 20.1 Å². The van der Waals surface area contributed by atoms with Crippen molar-refractivity contribution in [3.05, 3.63) is 59.2 Å². The summed E-state index contributed by atoms with van der Waals surface area (Å²) in [4.78, 5) is 25.7. The Balaban J connectivity index is 1.36. The molecule has 0 spiro atoms. The number of aromatic nitrogens is 1. The van der Waals surface area contributed by atoms with Crippen LogP contribution in [0.1, 0.15) is 64.3 Å². The number of hydrogen-bond acceptors (Lipinski definition) is 6. The van der Waals surface area contributed by atoms with Gasteiger partial charge in [0.25, 0.3) is 0 Å². The molecule has 0 bridgehead atoms. The molecular formula is C31H44FN5O2. The van der Waals surface area contributed by atoms with Crippen molar-refractivity contribution in [2.24, 2.45) is 0 Å². The van der Waals surface area contributed by atoms with Crippen LogP contribution in [0.15, 0.2) is 36.5 Å². The van der Waals surface area contributed by atoms with Gasteiger partial charge < -0.3 is 15.0 Å². The molecule has 3 aliphatic heterocycles. The molecule has 0 saturated carbocycles. The van der Waals surface area contributed by atoms with Gasteiger partial charge in [-0.3, -0.25) is 19.6 Å². The van der Waals surface area contributed by atoms with Gasteiger partial charge in [-0.2, -0.15) is 0 Å². The maximum absolute atomic E-state index is 14.0. The first kappa shape index (κ1) is 28.1. The van der Waals surface area contributed by atoms with Crippen LogP contribution < -0.4 is 10.2 Å². The molecule has 2 saturated heterocycles. The Hall–Kier alpha value is -2.39. The van der Waals surface area contributed by atoms with Crippen LogP contribution in [-0.4, -0.2) is 90.8 Å². The lowest BCUT2D eigenvalue weighted by molar-refractivity contribution is -0.121. The minimum Gasteiger partial charge on any atom is -0.378 e. The number of morpholine rings is 1. The predicted molar refractivity (Wildman–Crippen MR) is 153 cm³/mol. The molecule has 1 unspecified atom stereocenters. The second-order valence-corrected chi connectivity index (χ2v) is 12.6. The summed E-state index contributed by atoms with van der Waals surface area (Å²) in [6.07, 6.45) is 1.92. The number of halogens is 1. The van der Waals surface area contributed by atoms with Crippen LogP contribution >= 0.6 is 0 Å². The largest absolute Gasteiger partial charge is 0.378 e. The molecule has 1 N–H and O–H groups in total. The van der Waals surface area contributed by atoms with E-state index >= 15 is 0 Å². The number of carbonyl (C=O) groups is 1. The predicted octanol–water partition coefficient (Wildman–Crippen LogP) is 3.77. The Labute approximate surface area is 232 Å². The number of hydrogen-bond donors (Lipinski definition) is 1. The zero-order chi connectivity index (χ0) is 27.9. The minimum atomic E-state index is -0.241. The van der Waals surface area contributed by atoms with Crippen LogP contribution in [0.25, 0.3) is 0 Å². The van der Waals surface area contributed by atoms with Crippen LogP contribution in [0.5, 0.6) is 0 Å². The van der Waals surface area contributed by atoms with Crippen molar-refractivity contribution in [1.29, 1.82) is 0 Å². The third-order valence-corrected chi connectivity index (χ3v) is 8.88. The second kappa shape index (κ2) is 11.2. The Morgan fingerprint density at radius 3 is 2.54 bits per heavy atom. The monoisotopic (exact) mass is 537 g/mol. The van der Waals surface area contributed by atoms with E-state index in [0.29, 0.717) is 31.2 Å². The Morgan fingerprint density at radius 1 is 1.15 bits per heavy atom. The number of ether oxygens (including phenoxy) is 1. The molecule has 5 rings (SSSR count). The lowest BCUT2D eigenvalue weighted by atomic mass is 9.89. The van der Waals surface area contributed by atoms with E-state index in [1.165, 1.54) is 12.1 Å². The molecule has 7 nitrogen and oxygen atoms in total. The maximum Gasteiger partial charge on any atom is 0.241 e. The molecule has 2 fully saturated rings. The smallest absolute Gasteiger partial charge is 0.241 e. The van der Waals surface area contributed by atoms with Gasteiger partial charge in [0.15, 0.2) is 0 Å². The van der Waals surface area contributed by atoms with Crippen LogP contribution in [0.4, 0.5) is 10.1 Å². The van der Waals surface area contributed by atoms with E-state index in [1.54, 1.807) is 0 Å². The van der Waals surface area contributed by atoms with Crippen molar-refractivity contribution < 1.29 is 13.9 Å². The number of nitrogens with one attached hydrogen (secondary N) is 1. The number of amides is 1. The molecule has 212 valence electrons. The molecule has 8 heteroatoms. The quantitative estimate of drug-likeness (QED) is 0.606. The lowest BCUT2D eigenvalue weighted by Gasteiger charge is -2.46. The Morgan fingerprint density at radius 2 is 1.85 bits per heavy atom. The third-order valence-electron chi connectivity index (χ3n) is 8.88. The van der Waals surface area contributed by atoms with Gasteiger partial charge in [0.1, 0.15) is 5.82 Å². The van der Waals surface area contributed by atoms with Gasteiger partial charge in [0.2, 0.25) is 5.91 Å². The van der Waals surface area contributed by atoms with E-state index in [1.807, 2.05) is 23.2 Å². The van der Waals surface area contributed by atoms with Crippen LogP contribution in [0.2, 0.25) is 0 Å². The molecular weight excluding hydrogens is 493 g/mol. The number of benzene rings is 1. The van der Waals surface area contributed by atoms with Gasteiger partial charge in [-0.1, -0.05) is 32.9 Å². The summed E-state index contributed by atoms with van der Waals surface area (Å²) < 4.78 is 19.2. The van der Waals surface area contributed by atoms with E-state index < -0.39 is 0 Å².